The van der Waals surface area contributed by atoms with Gasteiger partial charge in [0.05, 0.1) is 10.9 Å². The number of hydrogen-bond acceptors (Lipinski definition) is 4. The molecule has 0 spiro atoms. The monoisotopic (exact) mass is 270 g/mol. The van der Waals surface area contributed by atoms with Gasteiger partial charge in [-0.15, -0.1) is 0 Å². The van der Waals surface area contributed by atoms with E-state index in [0.717, 1.165) is 35.4 Å². The van der Waals surface area contributed by atoms with Crippen molar-refractivity contribution in [1.82, 2.24) is 4.98 Å². The zero-order valence-corrected chi connectivity index (χ0v) is 11.5. The number of primary amides is 1. The van der Waals surface area contributed by atoms with Crippen LogP contribution >= 0.6 is 0 Å². The topological polar surface area (TPSA) is 85.2 Å². The Morgan fingerprint density at radius 1 is 1.35 bits per heavy atom. The number of fused-ring (bicyclic) bond motifs is 1. The summed E-state index contributed by atoms with van der Waals surface area (Å²) < 4.78 is 0. The second-order valence-corrected chi connectivity index (χ2v) is 5.72. The van der Waals surface area contributed by atoms with Crippen LogP contribution in [-0.4, -0.2) is 24.0 Å². The van der Waals surface area contributed by atoms with Crippen LogP contribution in [0.25, 0.3) is 10.9 Å². The van der Waals surface area contributed by atoms with Gasteiger partial charge in [0.25, 0.3) is 0 Å². The predicted molar refractivity (Wildman–Crippen MR) is 80.3 cm³/mol. The molecule has 4 N–H and O–H groups in total. The molecule has 1 saturated heterocycles. The molecule has 104 valence electrons. The van der Waals surface area contributed by atoms with Gasteiger partial charge in [-0.3, -0.25) is 4.79 Å². The fourth-order valence-corrected chi connectivity index (χ4v) is 2.67. The molecule has 0 aliphatic carbocycles. The summed E-state index contributed by atoms with van der Waals surface area (Å²) in [6.45, 7) is 3.33. The number of aromatic nitrogens is 1. The van der Waals surface area contributed by atoms with Crippen LogP contribution in [0.3, 0.4) is 0 Å². The second-order valence-electron chi connectivity index (χ2n) is 5.72. The first-order valence-electron chi connectivity index (χ1n) is 6.69. The van der Waals surface area contributed by atoms with Crippen molar-refractivity contribution in [3.63, 3.8) is 0 Å². The zero-order chi connectivity index (χ0) is 14.3. The van der Waals surface area contributed by atoms with Crippen molar-refractivity contribution < 1.29 is 4.79 Å². The summed E-state index contributed by atoms with van der Waals surface area (Å²) in [5.74, 6) is 0.640. The number of carbonyl (C=O) groups excluding carboxylic acids is 1. The van der Waals surface area contributed by atoms with E-state index in [1.54, 1.807) is 0 Å². The molecule has 0 radical (unpaired) electrons. The number of carbonyl (C=O) groups is 1. The van der Waals surface area contributed by atoms with Gasteiger partial charge >= 0.3 is 0 Å². The summed E-state index contributed by atoms with van der Waals surface area (Å²) in [5.41, 5.74) is 12.4. The number of nitrogens with zero attached hydrogens (tertiary/aromatic N) is 2. The zero-order valence-electron chi connectivity index (χ0n) is 11.5. The molecule has 1 unspecified atom stereocenters. The van der Waals surface area contributed by atoms with Crippen molar-refractivity contribution in [2.75, 3.05) is 23.7 Å². The van der Waals surface area contributed by atoms with Gasteiger partial charge in [0.15, 0.2) is 0 Å². The minimum absolute atomic E-state index is 0.242. The van der Waals surface area contributed by atoms with Crippen LogP contribution < -0.4 is 16.4 Å². The van der Waals surface area contributed by atoms with Crippen molar-refractivity contribution in [2.45, 2.75) is 13.3 Å². The molecule has 5 nitrogen and oxygen atoms in total. The summed E-state index contributed by atoms with van der Waals surface area (Å²) in [7, 11) is 0. The lowest BCUT2D eigenvalue weighted by atomic mass is 9.89. The highest BCUT2D eigenvalue weighted by Gasteiger charge is 2.39. The molecule has 1 atom stereocenters. The summed E-state index contributed by atoms with van der Waals surface area (Å²) in [5, 5.41) is 1.02. The van der Waals surface area contributed by atoms with Crippen molar-refractivity contribution in [3.8, 4) is 0 Å². The van der Waals surface area contributed by atoms with E-state index in [4.69, 9.17) is 11.5 Å². The Morgan fingerprint density at radius 2 is 2.15 bits per heavy atom. The van der Waals surface area contributed by atoms with Crippen LogP contribution in [-0.2, 0) is 4.79 Å². The highest BCUT2D eigenvalue weighted by Crippen LogP contribution is 2.32. The molecule has 1 aromatic carbocycles. The van der Waals surface area contributed by atoms with Crippen LogP contribution in [0, 0.1) is 5.41 Å². The Morgan fingerprint density at radius 3 is 2.85 bits per heavy atom. The number of hydrogen-bond donors (Lipinski definition) is 2. The molecule has 0 bridgehead atoms. The van der Waals surface area contributed by atoms with E-state index in [1.807, 2.05) is 37.3 Å². The molecule has 20 heavy (non-hydrogen) atoms. The Bertz CT molecular complexity index is 685. The maximum atomic E-state index is 11.5. The number of nitrogen functional groups attached to an aromatic ring is 1. The molecular weight excluding hydrogens is 252 g/mol. The molecule has 1 aliphatic rings. The number of nitrogens with two attached hydrogens (primary N) is 2. The van der Waals surface area contributed by atoms with Crippen LogP contribution in [0.2, 0.25) is 0 Å². The third kappa shape index (κ3) is 2.05. The van der Waals surface area contributed by atoms with E-state index in [1.165, 1.54) is 0 Å². The van der Waals surface area contributed by atoms with Gasteiger partial charge in [-0.2, -0.15) is 0 Å². The number of pyridine rings is 1. The van der Waals surface area contributed by atoms with Gasteiger partial charge < -0.3 is 16.4 Å². The summed E-state index contributed by atoms with van der Waals surface area (Å²) >= 11 is 0. The normalized spacial score (nSPS) is 22.4. The molecule has 3 rings (SSSR count). The summed E-state index contributed by atoms with van der Waals surface area (Å²) in [4.78, 5) is 18.3. The van der Waals surface area contributed by atoms with Gasteiger partial charge in [-0.05, 0) is 43.7 Å². The quantitative estimate of drug-likeness (QED) is 0.810. The molecular formula is C15H18N4O. The number of benzene rings is 1. The van der Waals surface area contributed by atoms with E-state index in [0.29, 0.717) is 6.54 Å². The van der Waals surface area contributed by atoms with E-state index in [9.17, 15) is 4.79 Å². The largest absolute Gasteiger partial charge is 0.399 e. The molecule has 1 aromatic heterocycles. The SMILES string of the molecule is CC1(C(N)=O)CCN(c2ccc3cc(N)ccc3n2)C1. The van der Waals surface area contributed by atoms with Gasteiger partial charge in [0.1, 0.15) is 5.82 Å². The van der Waals surface area contributed by atoms with E-state index >= 15 is 0 Å². The van der Waals surface area contributed by atoms with Crippen molar-refractivity contribution in [3.05, 3.63) is 30.3 Å². The van der Waals surface area contributed by atoms with Crippen LogP contribution in [0.15, 0.2) is 30.3 Å². The predicted octanol–water partition coefficient (Wildman–Crippen LogP) is 1.52. The van der Waals surface area contributed by atoms with Crippen molar-refractivity contribution >= 4 is 28.3 Å². The standard InChI is InChI=1S/C15H18N4O/c1-15(14(17)20)6-7-19(9-15)13-5-2-10-8-11(16)3-4-12(10)18-13/h2-5,8H,6-7,9,16H2,1H3,(H2,17,20). The third-order valence-corrected chi connectivity index (χ3v) is 4.09. The van der Waals surface area contributed by atoms with Gasteiger partial charge in [0.2, 0.25) is 5.91 Å². The van der Waals surface area contributed by atoms with E-state index in [-0.39, 0.29) is 5.91 Å². The molecule has 0 saturated carbocycles. The molecule has 5 heteroatoms. The lowest BCUT2D eigenvalue weighted by Crippen LogP contribution is -2.37. The lowest BCUT2D eigenvalue weighted by molar-refractivity contribution is -0.125. The minimum atomic E-state index is -0.461. The molecule has 1 fully saturated rings. The Kier molecular flexibility index (Phi) is 2.78. The summed E-state index contributed by atoms with van der Waals surface area (Å²) in [6.07, 6.45) is 0.768. The average molecular weight is 270 g/mol. The van der Waals surface area contributed by atoms with Gasteiger partial charge in [0, 0.05) is 24.2 Å². The van der Waals surface area contributed by atoms with E-state index < -0.39 is 5.41 Å². The first kappa shape index (κ1) is 12.7. The second kappa shape index (κ2) is 4.37. The summed E-state index contributed by atoms with van der Waals surface area (Å²) in [6, 6.07) is 9.64. The smallest absolute Gasteiger partial charge is 0.225 e. The molecule has 1 amide bonds. The molecule has 2 heterocycles. The first-order chi connectivity index (χ1) is 9.48. The average Bonchev–Trinajstić information content (AvgIpc) is 2.82. The van der Waals surface area contributed by atoms with Crippen LogP contribution in [0.5, 0.6) is 0 Å². The fourth-order valence-electron chi connectivity index (χ4n) is 2.67. The van der Waals surface area contributed by atoms with Crippen LogP contribution in [0.1, 0.15) is 13.3 Å². The van der Waals surface area contributed by atoms with Crippen molar-refractivity contribution in [1.29, 1.82) is 0 Å². The minimum Gasteiger partial charge on any atom is -0.399 e. The van der Waals surface area contributed by atoms with Crippen LogP contribution in [0.4, 0.5) is 11.5 Å². The van der Waals surface area contributed by atoms with E-state index in [2.05, 4.69) is 9.88 Å². The Balaban J connectivity index is 1.92. The maximum Gasteiger partial charge on any atom is 0.225 e. The van der Waals surface area contributed by atoms with Crippen molar-refractivity contribution in [2.24, 2.45) is 11.1 Å². The first-order valence-corrected chi connectivity index (χ1v) is 6.69. The third-order valence-electron chi connectivity index (χ3n) is 4.09. The Labute approximate surface area is 117 Å². The number of anilines is 2. The number of amides is 1. The highest BCUT2D eigenvalue weighted by molar-refractivity contribution is 5.84. The molecule has 2 aromatic rings. The lowest BCUT2D eigenvalue weighted by Gasteiger charge is -2.22. The van der Waals surface area contributed by atoms with Gasteiger partial charge in [-0.25, -0.2) is 4.98 Å². The Hall–Kier alpha value is -2.30. The fraction of sp³-hybridized carbons (Fsp3) is 0.333. The highest BCUT2D eigenvalue weighted by atomic mass is 16.1. The number of rotatable bonds is 2. The maximum absolute atomic E-state index is 11.5. The van der Waals surface area contributed by atoms with Gasteiger partial charge in [-0.1, -0.05) is 0 Å². The molecule has 1 aliphatic heterocycles.